The fourth-order valence-corrected chi connectivity index (χ4v) is 4.48. The lowest BCUT2D eigenvalue weighted by atomic mass is 9.63. The number of amides is 3. The highest BCUT2D eigenvalue weighted by atomic mass is 16.2. The van der Waals surface area contributed by atoms with E-state index in [1.54, 1.807) is 6.92 Å². The number of nitrogens with zero attached hydrogens (tertiary/aromatic N) is 1. The van der Waals surface area contributed by atoms with Crippen LogP contribution < -0.4 is 5.32 Å². The molecule has 0 radical (unpaired) electrons. The van der Waals surface area contributed by atoms with Crippen LogP contribution in [0.3, 0.4) is 0 Å². The molecule has 1 N–H and O–H groups in total. The van der Waals surface area contributed by atoms with Crippen LogP contribution in [-0.4, -0.2) is 28.7 Å². The average Bonchev–Trinajstić information content (AvgIpc) is 2.90. The first kappa shape index (κ1) is 16.1. The topological polar surface area (TPSA) is 66.5 Å². The van der Waals surface area contributed by atoms with E-state index in [2.05, 4.69) is 17.5 Å². The molecular formula is C20H22N2O3. The van der Waals surface area contributed by atoms with Crippen molar-refractivity contribution >= 4 is 23.4 Å². The normalized spacial score (nSPS) is 31.2. The summed E-state index contributed by atoms with van der Waals surface area (Å²) in [6.45, 7) is 3.60. The predicted molar refractivity (Wildman–Crippen MR) is 93.5 cm³/mol. The molecule has 0 spiro atoms. The van der Waals surface area contributed by atoms with E-state index in [4.69, 9.17) is 0 Å². The van der Waals surface area contributed by atoms with Crippen LogP contribution in [0.2, 0.25) is 0 Å². The zero-order valence-electron chi connectivity index (χ0n) is 14.4. The molecule has 130 valence electrons. The number of benzene rings is 1. The molecule has 2 bridgehead atoms. The standard InChI is InChI=1S/C20H22N2O3/c1-11-3-9-15(10-4-11)21-18(23)12(2)22-19(24)16-13-5-6-14(8-7-13)17(16)20(22)25/h3-6,9-10,12-14,16-17H,7-8H2,1-2H3,(H,21,23). The maximum atomic E-state index is 12.9. The van der Waals surface area contributed by atoms with Gasteiger partial charge in [0.1, 0.15) is 6.04 Å². The Morgan fingerprint density at radius 3 is 2.04 bits per heavy atom. The molecular weight excluding hydrogens is 316 g/mol. The minimum Gasteiger partial charge on any atom is -0.324 e. The van der Waals surface area contributed by atoms with Gasteiger partial charge in [-0.05, 0) is 50.7 Å². The zero-order valence-corrected chi connectivity index (χ0v) is 14.4. The third kappa shape index (κ3) is 2.49. The van der Waals surface area contributed by atoms with Gasteiger partial charge in [0.15, 0.2) is 0 Å². The Balaban J connectivity index is 1.53. The predicted octanol–water partition coefficient (Wildman–Crippen LogP) is 2.52. The third-order valence-corrected chi connectivity index (χ3v) is 5.88. The van der Waals surface area contributed by atoms with Gasteiger partial charge in [-0.25, -0.2) is 0 Å². The van der Waals surface area contributed by atoms with E-state index in [9.17, 15) is 14.4 Å². The van der Waals surface area contributed by atoms with Crippen LogP contribution in [0.15, 0.2) is 36.4 Å². The van der Waals surface area contributed by atoms with Gasteiger partial charge in [0.25, 0.3) is 0 Å². The summed E-state index contributed by atoms with van der Waals surface area (Å²) in [5, 5.41) is 2.81. The summed E-state index contributed by atoms with van der Waals surface area (Å²) in [5.74, 6) is -0.949. The smallest absolute Gasteiger partial charge is 0.247 e. The summed E-state index contributed by atoms with van der Waals surface area (Å²) in [7, 11) is 0. The number of fused-ring (bicyclic) bond motifs is 1. The number of hydrogen-bond donors (Lipinski definition) is 1. The second kappa shape index (κ2) is 5.83. The first-order chi connectivity index (χ1) is 12.0. The first-order valence-electron chi connectivity index (χ1n) is 8.90. The largest absolute Gasteiger partial charge is 0.324 e. The fourth-order valence-electron chi connectivity index (χ4n) is 4.48. The van der Waals surface area contributed by atoms with Gasteiger partial charge in [-0.1, -0.05) is 29.8 Å². The van der Waals surface area contributed by atoms with E-state index in [1.807, 2.05) is 31.2 Å². The zero-order chi connectivity index (χ0) is 17.7. The van der Waals surface area contributed by atoms with Crippen LogP contribution in [0.5, 0.6) is 0 Å². The summed E-state index contributed by atoms with van der Waals surface area (Å²) in [5.41, 5.74) is 1.77. The van der Waals surface area contributed by atoms with E-state index in [0.29, 0.717) is 5.69 Å². The van der Waals surface area contributed by atoms with Crippen molar-refractivity contribution in [2.75, 3.05) is 5.32 Å². The summed E-state index contributed by atoms with van der Waals surface area (Å²) in [6, 6.07) is 6.65. The summed E-state index contributed by atoms with van der Waals surface area (Å²) >= 11 is 0. The Kier molecular flexibility index (Phi) is 3.74. The molecule has 1 saturated carbocycles. The number of carbonyl (C=O) groups is 3. The lowest BCUT2D eigenvalue weighted by Crippen LogP contribution is -2.46. The molecule has 1 heterocycles. The minimum absolute atomic E-state index is 0.142. The molecule has 5 heteroatoms. The van der Waals surface area contributed by atoms with Crippen molar-refractivity contribution in [3.8, 4) is 0 Å². The van der Waals surface area contributed by atoms with Gasteiger partial charge in [0.2, 0.25) is 17.7 Å². The molecule has 5 unspecified atom stereocenters. The van der Waals surface area contributed by atoms with E-state index in [1.165, 1.54) is 4.90 Å². The lowest BCUT2D eigenvalue weighted by molar-refractivity contribution is -0.146. The molecule has 2 fully saturated rings. The number of allylic oxidation sites excluding steroid dienone is 2. The van der Waals surface area contributed by atoms with Crippen LogP contribution in [0.1, 0.15) is 25.3 Å². The number of imide groups is 1. The maximum Gasteiger partial charge on any atom is 0.247 e. The number of anilines is 1. The van der Waals surface area contributed by atoms with Gasteiger partial charge in [-0.15, -0.1) is 0 Å². The SMILES string of the molecule is Cc1ccc(NC(=O)C(C)N2C(=O)C3C4C=CC(CC4)C3C2=O)cc1. The van der Waals surface area contributed by atoms with Gasteiger partial charge in [0.05, 0.1) is 11.8 Å². The van der Waals surface area contributed by atoms with Crippen LogP contribution in [0.25, 0.3) is 0 Å². The first-order valence-corrected chi connectivity index (χ1v) is 8.90. The Labute approximate surface area is 147 Å². The van der Waals surface area contributed by atoms with Gasteiger partial charge in [-0.2, -0.15) is 0 Å². The Hall–Kier alpha value is -2.43. The molecule has 5 nitrogen and oxygen atoms in total. The number of rotatable bonds is 3. The highest BCUT2D eigenvalue weighted by Crippen LogP contribution is 2.49. The van der Waals surface area contributed by atoms with Crippen molar-refractivity contribution in [1.82, 2.24) is 4.90 Å². The molecule has 3 amide bonds. The molecule has 5 rings (SSSR count). The Bertz CT molecular complexity index is 736. The second-order valence-corrected chi connectivity index (χ2v) is 7.42. The van der Waals surface area contributed by atoms with Crippen LogP contribution in [-0.2, 0) is 14.4 Å². The van der Waals surface area contributed by atoms with Gasteiger partial charge in [0, 0.05) is 5.69 Å². The van der Waals surface area contributed by atoms with E-state index < -0.39 is 6.04 Å². The third-order valence-electron chi connectivity index (χ3n) is 5.88. The van der Waals surface area contributed by atoms with Crippen LogP contribution in [0.4, 0.5) is 5.69 Å². The number of likely N-dealkylation sites (tertiary alicyclic amines) is 1. The van der Waals surface area contributed by atoms with E-state index in [0.717, 1.165) is 18.4 Å². The molecule has 1 aromatic carbocycles. The van der Waals surface area contributed by atoms with E-state index >= 15 is 0 Å². The highest BCUT2D eigenvalue weighted by molar-refractivity contribution is 6.10. The minimum atomic E-state index is -0.800. The molecule has 3 aliphatic carbocycles. The van der Waals surface area contributed by atoms with E-state index in [-0.39, 0.29) is 41.4 Å². The average molecular weight is 338 g/mol. The number of aryl methyl sites for hydroxylation is 1. The van der Waals surface area contributed by atoms with Crippen molar-refractivity contribution in [3.05, 3.63) is 42.0 Å². The second-order valence-electron chi connectivity index (χ2n) is 7.42. The number of carbonyl (C=O) groups excluding carboxylic acids is 3. The van der Waals surface area contributed by atoms with Crippen molar-refractivity contribution in [2.45, 2.75) is 32.7 Å². The van der Waals surface area contributed by atoms with Gasteiger partial charge in [-0.3, -0.25) is 19.3 Å². The summed E-state index contributed by atoms with van der Waals surface area (Å²) in [6.07, 6.45) is 6.08. The molecule has 25 heavy (non-hydrogen) atoms. The molecule has 1 aromatic rings. The maximum absolute atomic E-state index is 12.9. The van der Waals surface area contributed by atoms with Crippen molar-refractivity contribution in [3.63, 3.8) is 0 Å². The molecule has 0 aromatic heterocycles. The number of hydrogen-bond acceptors (Lipinski definition) is 3. The molecule has 4 aliphatic rings. The van der Waals surface area contributed by atoms with Crippen LogP contribution in [0, 0.1) is 30.6 Å². The highest BCUT2D eigenvalue weighted by Gasteiger charge is 2.58. The summed E-state index contributed by atoms with van der Waals surface area (Å²) < 4.78 is 0. The lowest BCUT2D eigenvalue weighted by Gasteiger charge is -2.38. The molecule has 1 aliphatic heterocycles. The monoisotopic (exact) mass is 338 g/mol. The molecule has 1 saturated heterocycles. The van der Waals surface area contributed by atoms with Crippen molar-refractivity contribution in [1.29, 1.82) is 0 Å². The Morgan fingerprint density at radius 2 is 1.56 bits per heavy atom. The van der Waals surface area contributed by atoms with Gasteiger partial charge < -0.3 is 5.32 Å². The Morgan fingerprint density at radius 1 is 1.04 bits per heavy atom. The van der Waals surface area contributed by atoms with Gasteiger partial charge >= 0.3 is 0 Å². The fraction of sp³-hybridized carbons (Fsp3) is 0.450. The number of nitrogens with one attached hydrogen (secondary N) is 1. The quantitative estimate of drug-likeness (QED) is 0.680. The van der Waals surface area contributed by atoms with Crippen molar-refractivity contribution in [2.24, 2.45) is 23.7 Å². The van der Waals surface area contributed by atoms with Crippen LogP contribution >= 0.6 is 0 Å². The summed E-state index contributed by atoms with van der Waals surface area (Å²) in [4.78, 5) is 39.5. The molecule has 5 atom stereocenters. The van der Waals surface area contributed by atoms with Crippen molar-refractivity contribution < 1.29 is 14.4 Å².